The molecule has 0 unspecified atom stereocenters. The van der Waals surface area contributed by atoms with Crippen LogP contribution in [0.5, 0.6) is 0 Å². The normalized spacial score (nSPS) is 11.6. The second-order valence-electron chi connectivity index (χ2n) is 6.44. The zero-order valence-corrected chi connectivity index (χ0v) is 16.3. The zero-order valence-electron chi connectivity index (χ0n) is 16.3. The van der Waals surface area contributed by atoms with Crippen LogP contribution in [0.15, 0.2) is 59.9 Å². The summed E-state index contributed by atoms with van der Waals surface area (Å²) in [4.78, 5) is 4.76. The Labute approximate surface area is 160 Å². The largest absolute Gasteiger partial charge is 0.357 e. The number of hydrogen-bond donors (Lipinski definition) is 2. The van der Waals surface area contributed by atoms with Gasteiger partial charge in [0, 0.05) is 43.3 Å². The highest BCUT2D eigenvalue weighted by molar-refractivity contribution is 5.79. The van der Waals surface area contributed by atoms with Gasteiger partial charge < -0.3 is 15.2 Å². The predicted molar refractivity (Wildman–Crippen MR) is 110 cm³/mol. The van der Waals surface area contributed by atoms with Gasteiger partial charge in [0.2, 0.25) is 0 Å². The molecule has 0 spiro atoms. The van der Waals surface area contributed by atoms with E-state index in [-0.39, 0.29) is 0 Å². The number of para-hydroxylation sites is 1. The molecule has 0 aliphatic heterocycles. The molecule has 1 aromatic carbocycles. The number of hydrogen-bond acceptors (Lipinski definition) is 2. The molecule has 2 aromatic heterocycles. The summed E-state index contributed by atoms with van der Waals surface area (Å²) < 4.78 is 4.14. The van der Waals surface area contributed by atoms with Gasteiger partial charge in [-0.15, -0.1) is 0 Å². The second kappa shape index (κ2) is 9.07. The summed E-state index contributed by atoms with van der Waals surface area (Å²) in [5.41, 5.74) is 4.39. The molecule has 27 heavy (non-hydrogen) atoms. The highest BCUT2D eigenvalue weighted by atomic mass is 15.3. The minimum Gasteiger partial charge on any atom is -0.357 e. The van der Waals surface area contributed by atoms with Crippen LogP contribution in [0.2, 0.25) is 0 Å². The van der Waals surface area contributed by atoms with Crippen molar-refractivity contribution in [1.29, 1.82) is 0 Å². The fourth-order valence-corrected chi connectivity index (χ4v) is 3.05. The summed E-state index contributed by atoms with van der Waals surface area (Å²) in [6.45, 7) is 9.38. The summed E-state index contributed by atoms with van der Waals surface area (Å²) in [5.74, 6) is 0.830. The van der Waals surface area contributed by atoms with Gasteiger partial charge in [-0.2, -0.15) is 5.10 Å². The first-order valence-corrected chi connectivity index (χ1v) is 9.42. The molecule has 0 bridgehead atoms. The Morgan fingerprint density at radius 3 is 2.48 bits per heavy atom. The summed E-state index contributed by atoms with van der Waals surface area (Å²) in [7, 11) is 0. The van der Waals surface area contributed by atoms with E-state index in [9.17, 15) is 0 Å². The second-order valence-corrected chi connectivity index (χ2v) is 6.44. The van der Waals surface area contributed by atoms with E-state index in [1.165, 1.54) is 5.56 Å². The summed E-state index contributed by atoms with van der Waals surface area (Å²) in [6.07, 6.45) is 4.13. The molecule has 0 fully saturated rings. The van der Waals surface area contributed by atoms with Gasteiger partial charge in [0.1, 0.15) is 0 Å². The smallest absolute Gasteiger partial charge is 0.191 e. The molecule has 0 radical (unpaired) electrons. The number of aromatic nitrogens is 3. The van der Waals surface area contributed by atoms with Crippen LogP contribution >= 0.6 is 0 Å². The Morgan fingerprint density at radius 2 is 1.78 bits per heavy atom. The van der Waals surface area contributed by atoms with Crippen LogP contribution in [-0.4, -0.2) is 33.4 Å². The lowest BCUT2D eigenvalue weighted by Crippen LogP contribution is -2.38. The van der Waals surface area contributed by atoms with Crippen molar-refractivity contribution in [3.8, 4) is 5.69 Å². The molecule has 0 saturated heterocycles. The van der Waals surface area contributed by atoms with E-state index in [4.69, 9.17) is 10.1 Å². The SMILES string of the molecule is CCNC(=NCc1c(C)nn(-c2ccccc2)c1C)NCCn1cccc1. The number of aliphatic imine (C=N–C) groups is 1. The highest BCUT2D eigenvalue weighted by Gasteiger charge is 2.12. The molecule has 0 aliphatic rings. The number of guanidine groups is 1. The van der Waals surface area contributed by atoms with Crippen molar-refractivity contribution in [3.63, 3.8) is 0 Å². The standard InChI is InChI=1S/C21H28N6/c1-4-22-21(23-12-15-26-13-8-9-14-26)24-16-20-17(2)25-27(18(20)3)19-10-6-5-7-11-19/h5-11,13-14H,4,12,15-16H2,1-3H3,(H2,22,23,24). The predicted octanol–water partition coefficient (Wildman–Crippen LogP) is 3.05. The van der Waals surface area contributed by atoms with E-state index in [0.29, 0.717) is 6.54 Å². The lowest BCUT2D eigenvalue weighted by atomic mass is 10.2. The first-order chi connectivity index (χ1) is 13.2. The Hall–Kier alpha value is -3.02. The molecule has 2 N–H and O–H groups in total. The molecule has 2 heterocycles. The molecular weight excluding hydrogens is 336 g/mol. The van der Waals surface area contributed by atoms with E-state index in [1.54, 1.807) is 0 Å². The van der Waals surface area contributed by atoms with Crippen LogP contribution in [0.3, 0.4) is 0 Å². The Kier molecular flexibility index (Phi) is 6.30. The van der Waals surface area contributed by atoms with Gasteiger partial charge in [0.05, 0.1) is 17.9 Å². The molecule has 0 amide bonds. The van der Waals surface area contributed by atoms with E-state index >= 15 is 0 Å². The fraction of sp³-hybridized carbons (Fsp3) is 0.333. The first-order valence-electron chi connectivity index (χ1n) is 9.42. The molecular formula is C21H28N6. The fourth-order valence-electron chi connectivity index (χ4n) is 3.05. The lowest BCUT2D eigenvalue weighted by Gasteiger charge is -2.12. The van der Waals surface area contributed by atoms with Gasteiger partial charge in [0.25, 0.3) is 0 Å². The average molecular weight is 364 g/mol. The van der Waals surface area contributed by atoms with Crippen molar-refractivity contribution < 1.29 is 0 Å². The summed E-state index contributed by atoms with van der Waals surface area (Å²) in [5, 5.41) is 11.4. The van der Waals surface area contributed by atoms with Gasteiger partial charge in [-0.25, -0.2) is 9.67 Å². The monoisotopic (exact) mass is 364 g/mol. The third kappa shape index (κ3) is 4.78. The van der Waals surface area contributed by atoms with Crippen LogP contribution in [-0.2, 0) is 13.1 Å². The molecule has 6 heteroatoms. The van der Waals surface area contributed by atoms with Gasteiger partial charge in [0.15, 0.2) is 5.96 Å². The summed E-state index contributed by atoms with van der Waals surface area (Å²) in [6, 6.07) is 14.3. The van der Waals surface area contributed by atoms with Crippen molar-refractivity contribution >= 4 is 5.96 Å². The average Bonchev–Trinajstić information content (AvgIpc) is 3.29. The minimum atomic E-state index is 0.601. The van der Waals surface area contributed by atoms with Gasteiger partial charge in [-0.3, -0.25) is 0 Å². The third-order valence-electron chi connectivity index (χ3n) is 4.51. The van der Waals surface area contributed by atoms with Gasteiger partial charge >= 0.3 is 0 Å². The number of nitrogens with zero attached hydrogens (tertiary/aromatic N) is 4. The number of aryl methyl sites for hydroxylation is 1. The first kappa shape index (κ1) is 18.8. The maximum atomic E-state index is 4.76. The Bertz CT molecular complexity index is 862. The Morgan fingerprint density at radius 1 is 1.04 bits per heavy atom. The molecule has 6 nitrogen and oxygen atoms in total. The Balaban J connectivity index is 1.69. The minimum absolute atomic E-state index is 0.601. The quantitative estimate of drug-likeness (QED) is 0.500. The van der Waals surface area contributed by atoms with E-state index in [2.05, 4.69) is 53.6 Å². The number of benzene rings is 1. The summed E-state index contributed by atoms with van der Waals surface area (Å²) >= 11 is 0. The van der Waals surface area contributed by atoms with Crippen molar-refractivity contribution in [1.82, 2.24) is 25.0 Å². The van der Waals surface area contributed by atoms with Gasteiger partial charge in [-0.1, -0.05) is 18.2 Å². The zero-order chi connectivity index (χ0) is 19.1. The number of nitrogens with one attached hydrogen (secondary N) is 2. The molecule has 0 atom stereocenters. The van der Waals surface area contributed by atoms with E-state index < -0.39 is 0 Å². The molecule has 0 saturated carbocycles. The van der Waals surface area contributed by atoms with Crippen molar-refractivity contribution in [2.24, 2.45) is 4.99 Å². The van der Waals surface area contributed by atoms with E-state index in [0.717, 1.165) is 42.7 Å². The van der Waals surface area contributed by atoms with Crippen LogP contribution in [0, 0.1) is 13.8 Å². The topological polar surface area (TPSA) is 59.2 Å². The van der Waals surface area contributed by atoms with Gasteiger partial charge in [-0.05, 0) is 45.0 Å². The molecule has 142 valence electrons. The molecule has 3 aromatic rings. The maximum absolute atomic E-state index is 4.76. The van der Waals surface area contributed by atoms with Crippen LogP contribution < -0.4 is 10.6 Å². The van der Waals surface area contributed by atoms with Crippen LogP contribution in [0.25, 0.3) is 5.69 Å². The maximum Gasteiger partial charge on any atom is 0.191 e. The van der Waals surface area contributed by atoms with Crippen molar-refractivity contribution in [2.45, 2.75) is 33.9 Å². The van der Waals surface area contributed by atoms with Crippen LogP contribution in [0.4, 0.5) is 0 Å². The molecule has 0 aliphatic carbocycles. The van der Waals surface area contributed by atoms with E-state index in [1.807, 2.05) is 41.9 Å². The third-order valence-corrected chi connectivity index (χ3v) is 4.51. The van der Waals surface area contributed by atoms with Crippen LogP contribution in [0.1, 0.15) is 23.9 Å². The highest BCUT2D eigenvalue weighted by Crippen LogP contribution is 2.18. The van der Waals surface area contributed by atoms with Crippen molar-refractivity contribution in [2.75, 3.05) is 13.1 Å². The lowest BCUT2D eigenvalue weighted by molar-refractivity contribution is 0.665. The number of rotatable bonds is 7. The molecule has 3 rings (SSSR count). The van der Waals surface area contributed by atoms with Crippen molar-refractivity contribution in [3.05, 3.63) is 71.8 Å².